The number of para-hydroxylation sites is 2. The molecule has 2 aromatic carbocycles. The molecule has 0 N–H and O–H groups in total. The summed E-state index contributed by atoms with van der Waals surface area (Å²) in [5.74, 6) is -0.316. The molecule has 0 saturated heterocycles. The van der Waals surface area contributed by atoms with Gasteiger partial charge in [0.1, 0.15) is 18.4 Å². The van der Waals surface area contributed by atoms with Crippen molar-refractivity contribution >= 4 is 17.5 Å². The van der Waals surface area contributed by atoms with E-state index in [1.54, 1.807) is 21.9 Å². The summed E-state index contributed by atoms with van der Waals surface area (Å²) < 4.78 is 15.8. The fourth-order valence-corrected chi connectivity index (χ4v) is 4.47. The van der Waals surface area contributed by atoms with E-state index in [1.807, 2.05) is 70.3 Å². The molecule has 6 heteroatoms. The molecule has 0 bridgehead atoms. The lowest BCUT2D eigenvalue weighted by atomic mass is 9.97. The Balaban J connectivity index is 1.78. The minimum atomic E-state index is -0.433. The maximum Gasteiger partial charge on any atom is 0.247 e. The first-order chi connectivity index (χ1) is 15.8. The number of halogens is 1. The largest absolute Gasteiger partial charge is 0.331 e. The van der Waals surface area contributed by atoms with Gasteiger partial charge in [-0.1, -0.05) is 38.1 Å². The van der Waals surface area contributed by atoms with Crippen LogP contribution in [0.4, 0.5) is 10.1 Å². The summed E-state index contributed by atoms with van der Waals surface area (Å²) in [4.78, 5) is 30.2. The van der Waals surface area contributed by atoms with Crippen LogP contribution in [0.5, 0.6) is 0 Å². The second kappa shape index (κ2) is 9.22. The molecule has 5 nitrogen and oxygen atoms in total. The number of fused-ring (bicyclic) bond motifs is 3. The Labute approximate surface area is 194 Å². The van der Waals surface area contributed by atoms with Crippen LogP contribution in [0.15, 0.2) is 66.9 Å². The predicted molar refractivity (Wildman–Crippen MR) is 128 cm³/mol. The molecular formula is C27H30FN3O2. The first-order valence-corrected chi connectivity index (χ1v) is 11.4. The normalized spacial score (nSPS) is 14.9. The third kappa shape index (κ3) is 4.42. The highest BCUT2D eigenvalue weighted by Crippen LogP contribution is 2.42. The monoisotopic (exact) mass is 447 g/mol. The molecular weight excluding hydrogens is 417 g/mol. The van der Waals surface area contributed by atoms with Crippen LogP contribution in [0.1, 0.15) is 51.4 Å². The van der Waals surface area contributed by atoms with Crippen molar-refractivity contribution in [1.29, 1.82) is 0 Å². The summed E-state index contributed by atoms with van der Waals surface area (Å²) in [5, 5.41) is 0. The molecule has 0 aliphatic carbocycles. The second-order valence-electron chi connectivity index (χ2n) is 9.22. The summed E-state index contributed by atoms with van der Waals surface area (Å²) in [7, 11) is 0. The molecule has 0 radical (unpaired) electrons. The average molecular weight is 448 g/mol. The van der Waals surface area contributed by atoms with E-state index in [2.05, 4.69) is 4.57 Å². The number of carbonyl (C=O) groups excluding carboxylic acids is 2. The van der Waals surface area contributed by atoms with Crippen LogP contribution < -0.4 is 4.90 Å². The van der Waals surface area contributed by atoms with Crippen molar-refractivity contribution < 1.29 is 14.0 Å². The van der Waals surface area contributed by atoms with Crippen molar-refractivity contribution in [2.75, 3.05) is 11.4 Å². The summed E-state index contributed by atoms with van der Waals surface area (Å²) in [6.07, 6.45) is 2.37. The van der Waals surface area contributed by atoms with Gasteiger partial charge in [0.25, 0.3) is 0 Å². The van der Waals surface area contributed by atoms with Crippen molar-refractivity contribution in [1.82, 2.24) is 9.47 Å². The van der Waals surface area contributed by atoms with Gasteiger partial charge in [-0.15, -0.1) is 0 Å². The van der Waals surface area contributed by atoms with Gasteiger partial charge in [0.15, 0.2) is 0 Å². The van der Waals surface area contributed by atoms with Gasteiger partial charge in [-0.3, -0.25) is 14.5 Å². The van der Waals surface area contributed by atoms with E-state index in [9.17, 15) is 14.0 Å². The lowest BCUT2D eigenvalue weighted by Gasteiger charge is -2.40. The summed E-state index contributed by atoms with van der Waals surface area (Å²) in [6, 6.07) is 17.4. The average Bonchev–Trinajstić information content (AvgIpc) is 3.26. The molecule has 1 aromatic heterocycles. The van der Waals surface area contributed by atoms with Gasteiger partial charge in [0.2, 0.25) is 11.8 Å². The molecule has 0 fully saturated rings. The zero-order valence-corrected chi connectivity index (χ0v) is 19.5. The van der Waals surface area contributed by atoms with E-state index in [-0.39, 0.29) is 36.1 Å². The topological polar surface area (TPSA) is 45.6 Å². The molecule has 33 heavy (non-hydrogen) atoms. The Morgan fingerprint density at radius 1 is 0.939 bits per heavy atom. The number of hydrogen-bond acceptors (Lipinski definition) is 2. The third-order valence-corrected chi connectivity index (χ3v) is 6.01. The van der Waals surface area contributed by atoms with Crippen LogP contribution in [0.2, 0.25) is 0 Å². The third-order valence-electron chi connectivity index (χ3n) is 6.01. The van der Waals surface area contributed by atoms with Crippen molar-refractivity contribution in [2.45, 2.75) is 46.2 Å². The fourth-order valence-electron chi connectivity index (χ4n) is 4.47. The Hall–Kier alpha value is -3.41. The van der Waals surface area contributed by atoms with Gasteiger partial charge in [0, 0.05) is 18.7 Å². The molecule has 0 saturated carbocycles. The molecule has 4 rings (SSSR count). The van der Waals surface area contributed by atoms with Crippen molar-refractivity contribution in [3.05, 3.63) is 83.9 Å². The zero-order valence-electron chi connectivity index (χ0n) is 19.5. The number of rotatable bonds is 6. The van der Waals surface area contributed by atoms with Gasteiger partial charge < -0.3 is 9.47 Å². The molecule has 1 atom stereocenters. The van der Waals surface area contributed by atoms with Crippen LogP contribution in [0, 0.1) is 11.7 Å². The lowest BCUT2D eigenvalue weighted by Crippen LogP contribution is -2.48. The first-order valence-electron chi connectivity index (χ1n) is 11.4. The molecule has 3 aromatic rings. The zero-order chi connectivity index (χ0) is 23.7. The van der Waals surface area contributed by atoms with Crippen molar-refractivity contribution in [3.8, 4) is 5.69 Å². The summed E-state index contributed by atoms with van der Waals surface area (Å²) in [5.41, 5.74) is 3.39. The molecule has 2 heterocycles. The number of nitrogens with zero attached hydrogens (tertiary/aromatic N) is 3. The Kier molecular flexibility index (Phi) is 6.36. The Morgan fingerprint density at radius 2 is 1.61 bits per heavy atom. The van der Waals surface area contributed by atoms with E-state index in [1.165, 1.54) is 12.1 Å². The maximum absolute atomic E-state index is 13.9. The molecule has 0 spiro atoms. The van der Waals surface area contributed by atoms with E-state index in [0.29, 0.717) is 6.42 Å². The van der Waals surface area contributed by atoms with Crippen LogP contribution in [0.25, 0.3) is 5.69 Å². The second-order valence-corrected chi connectivity index (χ2v) is 9.22. The fraction of sp³-hybridized carbons (Fsp3) is 0.333. The smallest absolute Gasteiger partial charge is 0.247 e. The maximum atomic E-state index is 13.9. The molecule has 172 valence electrons. The SMILES string of the molecule is CC(C)CC(=O)N(CC(=O)N1c2ccccc2-n2cccc2C1c1ccc(F)cc1)C(C)C. The van der Waals surface area contributed by atoms with Crippen molar-refractivity contribution in [2.24, 2.45) is 5.92 Å². The van der Waals surface area contributed by atoms with Crippen LogP contribution in [-0.4, -0.2) is 33.9 Å². The van der Waals surface area contributed by atoms with E-state index < -0.39 is 6.04 Å². The van der Waals surface area contributed by atoms with E-state index in [0.717, 1.165) is 22.6 Å². The van der Waals surface area contributed by atoms with Gasteiger partial charge in [-0.2, -0.15) is 0 Å². The summed E-state index contributed by atoms with van der Waals surface area (Å²) >= 11 is 0. The molecule has 1 aliphatic rings. The number of amides is 2. The van der Waals surface area contributed by atoms with Gasteiger partial charge in [0.05, 0.1) is 17.1 Å². The number of hydrogen-bond donors (Lipinski definition) is 0. The van der Waals surface area contributed by atoms with Crippen LogP contribution >= 0.6 is 0 Å². The Morgan fingerprint density at radius 3 is 2.24 bits per heavy atom. The number of anilines is 1. The minimum absolute atomic E-state index is 0.0179. The number of carbonyl (C=O) groups is 2. The van der Waals surface area contributed by atoms with E-state index >= 15 is 0 Å². The number of aromatic nitrogens is 1. The van der Waals surface area contributed by atoms with Crippen molar-refractivity contribution in [3.63, 3.8) is 0 Å². The highest BCUT2D eigenvalue weighted by Gasteiger charge is 2.37. The summed E-state index contributed by atoms with van der Waals surface area (Å²) in [6.45, 7) is 7.84. The van der Waals surface area contributed by atoms with Gasteiger partial charge in [-0.25, -0.2) is 4.39 Å². The van der Waals surface area contributed by atoms with Gasteiger partial charge in [-0.05, 0) is 61.7 Å². The standard InChI is InChI=1S/C27H30FN3O2/c1-18(2)16-25(32)30(19(3)4)17-26(33)31-23-9-6-5-8-22(23)29-15-7-10-24(29)27(31)20-11-13-21(28)14-12-20/h5-15,18-19,27H,16-17H2,1-4H3. The number of benzene rings is 2. The lowest BCUT2D eigenvalue weighted by molar-refractivity contribution is -0.137. The predicted octanol–water partition coefficient (Wildman–Crippen LogP) is 5.34. The molecule has 1 aliphatic heterocycles. The van der Waals surface area contributed by atoms with Crippen LogP contribution in [-0.2, 0) is 9.59 Å². The molecule has 2 amide bonds. The highest BCUT2D eigenvalue weighted by atomic mass is 19.1. The molecule has 1 unspecified atom stereocenters. The highest BCUT2D eigenvalue weighted by molar-refractivity contribution is 6.00. The van der Waals surface area contributed by atoms with Gasteiger partial charge >= 0.3 is 0 Å². The first kappa shape index (κ1) is 22.8. The van der Waals surface area contributed by atoms with Crippen LogP contribution in [0.3, 0.4) is 0 Å². The quantitative estimate of drug-likeness (QED) is 0.512. The Bertz CT molecular complexity index is 1150. The van der Waals surface area contributed by atoms with E-state index in [4.69, 9.17) is 0 Å². The minimum Gasteiger partial charge on any atom is -0.331 e.